The third kappa shape index (κ3) is 7.11. The SMILES string of the molecule is NC(=O)CN(CCCCCCO)Cc1ccc(N)cc1. The Morgan fingerprint density at radius 1 is 1.10 bits per heavy atom. The van der Waals surface area contributed by atoms with Gasteiger partial charge in [0.1, 0.15) is 0 Å². The minimum Gasteiger partial charge on any atom is -0.399 e. The molecule has 1 aromatic rings. The number of primary amides is 1. The average Bonchev–Trinajstić information content (AvgIpc) is 2.40. The van der Waals surface area contributed by atoms with Crippen LogP contribution in [0.15, 0.2) is 24.3 Å². The van der Waals surface area contributed by atoms with Gasteiger partial charge in [-0.15, -0.1) is 0 Å². The molecule has 0 aliphatic rings. The molecule has 0 saturated carbocycles. The molecule has 0 unspecified atom stereocenters. The predicted octanol–water partition coefficient (Wildman–Crippen LogP) is 1.11. The lowest BCUT2D eigenvalue weighted by atomic mass is 10.1. The van der Waals surface area contributed by atoms with Crippen molar-refractivity contribution in [1.29, 1.82) is 0 Å². The molecule has 5 heteroatoms. The molecule has 5 nitrogen and oxygen atoms in total. The van der Waals surface area contributed by atoms with E-state index in [-0.39, 0.29) is 19.1 Å². The lowest BCUT2D eigenvalue weighted by Gasteiger charge is -2.20. The maximum absolute atomic E-state index is 11.1. The molecule has 1 aromatic carbocycles. The van der Waals surface area contributed by atoms with Crippen LogP contribution in [0.5, 0.6) is 0 Å². The Morgan fingerprint density at radius 2 is 1.75 bits per heavy atom. The van der Waals surface area contributed by atoms with E-state index in [0.29, 0.717) is 6.54 Å². The number of rotatable bonds is 10. The molecule has 20 heavy (non-hydrogen) atoms. The second kappa shape index (κ2) is 9.34. The first kappa shape index (κ1) is 16.5. The Hall–Kier alpha value is -1.59. The first-order valence-corrected chi connectivity index (χ1v) is 7.07. The third-order valence-corrected chi connectivity index (χ3v) is 3.15. The summed E-state index contributed by atoms with van der Waals surface area (Å²) in [5.41, 5.74) is 12.8. The highest BCUT2D eigenvalue weighted by Crippen LogP contribution is 2.10. The van der Waals surface area contributed by atoms with E-state index in [1.165, 1.54) is 0 Å². The van der Waals surface area contributed by atoms with E-state index in [0.717, 1.165) is 43.5 Å². The number of amides is 1. The van der Waals surface area contributed by atoms with Gasteiger partial charge in [-0.3, -0.25) is 9.69 Å². The molecular formula is C15H25N3O2. The van der Waals surface area contributed by atoms with Crippen LogP contribution in [-0.2, 0) is 11.3 Å². The number of hydrogen-bond acceptors (Lipinski definition) is 4. The quantitative estimate of drug-likeness (QED) is 0.442. The first-order chi connectivity index (χ1) is 9.61. The monoisotopic (exact) mass is 279 g/mol. The number of benzene rings is 1. The summed E-state index contributed by atoms with van der Waals surface area (Å²) in [4.78, 5) is 13.2. The molecule has 1 amide bonds. The van der Waals surface area contributed by atoms with Crippen LogP contribution in [-0.4, -0.2) is 35.6 Å². The number of aliphatic hydroxyl groups excluding tert-OH is 1. The maximum Gasteiger partial charge on any atom is 0.231 e. The van der Waals surface area contributed by atoms with Crippen molar-refractivity contribution in [2.45, 2.75) is 32.2 Å². The molecule has 0 atom stereocenters. The third-order valence-electron chi connectivity index (χ3n) is 3.15. The van der Waals surface area contributed by atoms with Gasteiger partial charge in [0, 0.05) is 18.8 Å². The van der Waals surface area contributed by atoms with E-state index in [2.05, 4.69) is 0 Å². The molecule has 0 radical (unpaired) electrons. The van der Waals surface area contributed by atoms with Crippen LogP contribution in [0.1, 0.15) is 31.2 Å². The topological polar surface area (TPSA) is 92.6 Å². The van der Waals surface area contributed by atoms with Crippen LogP contribution in [0.2, 0.25) is 0 Å². The van der Waals surface area contributed by atoms with Crippen molar-refractivity contribution in [3.63, 3.8) is 0 Å². The molecule has 0 bridgehead atoms. The standard InChI is InChI=1S/C15H25N3O2/c16-14-7-5-13(6-8-14)11-18(12-15(17)20)9-3-1-2-4-10-19/h5-8,19H,1-4,9-12,16H2,(H2,17,20). The average molecular weight is 279 g/mol. The van der Waals surface area contributed by atoms with E-state index in [1.807, 2.05) is 29.2 Å². The summed E-state index contributed by atoms with van der Waals surface area (Å²) in [7, 11) is 0. The fourth-order valence-corrected chi connectivity index (χ4v) is 2.12. The number of carbonyl (C=O) groups excluding carboxylic acids is 1. The fourth-order valence-electron chi connectivity index (χ4n) is 2.12. The molecule has 0 saturated heterocycles. The Kier molecular flexibility index (Phi) is 7.69. The summed E-state index contributed by atoms with van der Waals surface area (Å²) in [6.07, 6.45) is 3.91. The number of carbonyl (C=O) groups is 1. The summed E-state index contributed by atoms with van der Waals surface area (Å²) < 4.78 is 0. The predicted molar refractivity (Wildman–Crippen MR) is 80.9 cm³/mol. The summed E-state index contributed by atoms with van der Waals surface area (Å²) in [5, 5.41) is 8.73. The highest BCUT2D eigenvalue weighted by molar-refractivity contribution is 5.75. The lowest BCUT2D eigenvalue weighted by Crippen LogP contribution is -2.34. The van der Waals surface area contributed by atoms with Crippen LogP contribution in [0.3, 0.4) is 0 Å². The lowest BCUT2D eigenvalue weighted by molar-refractivity contribution is -0.119. The number of hydrogen-bond donors (Lipinski definition) is 3. The normalized spacial score (nSPS) is 10.9. The van der Waals surface area contributed by atoms with Gasteiger partial charge < -0.3 is 16.6 Å². The molecule has 0 fully saturated rings. The fraction of sp³-hybridized carbons (Fsp3) is 0.533. The van der Waals surface area contributed by atoms with Gasteiger partial charge in [0.2, 0.25) is 5.91 Å². The van der Waals surface area contributed by atoms with Crippen molar-refractivity contribution in [3.8, 4) is 0 Å². The number of nitrogen functional groups attached to an aromatic ring is 1. The molecule has 1 rings (SSSR count). The van der Waals surface area contributed by atoms with Gasteiger partial charge in [0.05, 0.1) is 6.54 Å². The second-order valence-corrected chi connectivity index (χ2v) is 5.06. The summed E-state index contributed by atoms with van der Waals surface area (Å²) >= 11 is 0. The number of nitrogens with two attached hydrogens (primary N) is 2. The molecule has 5 N–H and O–H groups in total. The van der Waals surface area contributed by atoms with Crippen LogP contribution in [0.25, 0.3) is 0 Å². The Morgan fingerprint density at radius 3 is 2.35 bits per heavy atom. The molecule has 0 spiro atoms. The minimum atomic E-state index is -0.309. The van der Waals surface area contributed by atoms with E-state index in [1.54, 1.807) is 0 Å². The van der Waals surface area contributed by atoms with Crippen LogP contribution < -0.4 is 11.5 Å². The number of unbranched alkanes of at least 4 members (excludes halogenated alkanes) is 3. The molecule has 0 aliphatic carbocycles. The van der Waals surface area contributed by atoms with Crippen LogP contribution >= 0.6 is 0 Å². The Labute approximate surface area is 120 Å². The first-order valence-electron chi connectivity index (χ1n) is 7.07. The van der Waals surface area contributed by atoms with Crippen molar-refractivity contribution in [1.82, 2.24) is 4.90 Å². The van der Waals surface area contributed by atoms with Crippen molar-refractivity contribution >= 4 is 11.6 Å². The number of nitrogens with zero attached hydrogens (tertiary/aromatic N) is 1. The zero-order valence-corrected chi connectivity index (χ0v) is 11.9. The van der Waals surface area contributed by atoms with Crippen LogP contribution in [0.4, 0.5) is 5.69 Å². The van der Waals surface area contributed by atoms with Gasteiger partial charge in [-0.1, -0.05) is 25.0 Å². The van der Waals surface area contributed by atoms with Gasteiger partial charge in [-0.05, 0) is 37.1 Å². The largest absolute Gasteiger partial charge is 0.399 e. The zero-order valence-electron chi connectivity index (χ0n) is 11.9. The summed E-state index contributed by atoms with van der Waals surface area (Å²) in [5.74, 6) is -0.309. The minimum absolute atomic E-state index is 0.246. The smallest absolute Gasteiger partial charge is 0.231 e. The Balaban J connectivity index is 2.42. The van der Waals surface area contributed by atoms with Crippen molar-refractivity contribution in [3.05, 3.63) is 29.8 Å². The van der Waals surface area contributed by atoms with Gasteiger partial charge in [0.15, 0.2) is 0 Å². The molecule has 112 valence electrons. The second-order valence-electron chi connectivity index (χ2n) is 5.06. The van der Waals surface area contributed by atoms with Crippen molar-refractivity contribution in [2.24, 2.45) is 5.73 Å². The molecule has 0 heterocycles. The van der Waals surface area contributed by atoms with Crippen molar-refractivity contribution < 1.29 is 9.90 Å². The van der Waals surface area contributed by atoms with E-state index < -0.39 is 0 Å². The van der Waals surface area contributed by atoms with Crippen LogP contribution in [0, 0.1) is 0 Å². The molecular weight excluding hydrogens is 254 g/mol. The van der Waals surface area contributed by atoms with Gasteiger partial charge in [-0.25, -0.2) is 0 Å². The zero-order chi connectivity index (χ0) is 14.8. The number of anilines is 1. The van der Waals surface area contributed by atoms with Crippen molar-refractivity contribution in [2.75, 3.05) is 25.4 Å². The van der Waals surface area contributed by atoms with E-state index >= 15 is 0 Å². The summed E-state index contributed by atoms with van der Waals surface area (Å²) in [6.45, 7) is 2.04. The molecule has 0 aromatic heterocycles. The van der Waals surface area contributed by atoms with E-state index in [4.69, 9.17) is 16.6 Å². The Bertz CT molecular complexity index is 393. The van der Waals surface area contributed by atoms with E-state index in [9.17, 15) is 4.79 Å². The molecule has 0 aliphatic heterocycles. The maximum atomic E-state index is 11.1. The van der Waals surface area contributed by atoms with Gasteiger partial charge >= 0.3 is 0 Å². The number of aliphatic hydroxyl groups is 1. The highest BCUT2D eigenvalue weighted by atomic mass is 16.2. The highest BCUT2D eigenvalue weighted by Gasteiger charge is 2.08. The summed E-state index contributed by atoms with van der Waals surface area (Å²) in [6, 6.07) is 7.65. The van der Waals surface area contributed by atoms with Gasteiger partial charge in [-0.2, -0.15) is 0 Å². The van der Waals surface area contributed by atoms with Gasteiger partial charge in [0.25, 0.3) is 0 Å².